The molecular weight excluding hydrogens is 492 g/mol. The number of aromatic nitrogens is 2. The van der Waals surface area contributed by atoms with Crippen LogP contribution in [0.5, 0.6) is 0 Å². The van der Waals surface area contributed by atoms with Crippen LogP contribution in [-0.4, -0.2) is 21.8 Å². The second kappa shape index (κ2) is 8.92. The number of rotatable bonds is 3. The number of benzene rings is 3. The summed E-state index contributed by atoms with van der Waals surface area (Å²) in [5, 5.41) is 2.59. The van der Waals surface area contributed by atoms with E-state index in [1.807, 2.05) is 48.5 Å². The molecule has 3 N–H and O–H groups in total. The van der Waals surface area contributed by atoms with Gasteiger partial charge in [0.2, 0.25) is 5.71 Å². The molecule has 180 valence electrons. The van der Waals surface area contributed by atoms with Gasteiger partial charge in [0.15, 0.2) is 0 Å². The molecule has 0 aliphatic carbocycles. The van der Waals surface area contributed by atoms with E-state index in [1.165, 1.54) is 6.07 Å². The minimum atomic E-state index is -0.868. The van der Waals surface area contributed by atoms with Gasteiger partial charge in [-0.3, -0.25) is 20.4 Å². The molecule has 2 amide bonds. The van der Waals surface area contributed by atoms with Gasteiger partial charge in [-0.15, -0.1) is 0 Å². The lowest BCUT2D eigenvalue weighted by Crippen LogP contribution is -2.43. The minimum absolute atomic E-state index is 0.119. The molecule has 0 atom stereocenters. The lowest BCUT2D eigenvalue weighted by Gasteiger charge is -2.09. The summed E-state index contributed by atoms with van der Waals surface area (Å²) in [6, 6.07) is 25.1. The largest absolute Gasteiger partial charge is 0.403 e. The van der Waals surface area contributed by atoms with Crippen molar-refractivity contribution < 1.29 is 14.0 Å². The first-order chi connectivity index (χ1) is 18.0. The van der Waals surface area contributed by atoms with E-state index in [9.17, 15) is 14.4 Å². The molecule has 0 radical (unpaired) electrons. The highest BCUT2D eigenvalue weighted by Crippen LogP contribution is 2.34. The molecule has 3 aromatic heterocycles. The Labute approximate surface area is 213 Å². The third-order valence-corrected chi connectivity index (χ3v) is 6.25. The smallest absolute Gasteiger partial charge is 0.350 e. The molecule has 0 bridgehead atoms. The number of hydrogen-bond acceptors (Lipinski definition) is 5. The van der Waals surface area contributed by atoms with Crippen molar-refractivity contribution in [3.05, 3.63) is 112 Å². The molecule has 8 nitrogen and oxygen atoms in total. The van der Waals surface area contributed by atoms with E-state index in [1.54, 1.807) is 30.3 Å². The Morgan fingerprint density at radius 3 is 2.43 bits per heavy atom. The average Bonchev–Trinajstić information content (AvgIpc) is 3.29. The van der Waals surface area contributed by atoms with Crippen molar-refractivity contribution >= 4 is 56.3 Å². The van der Waals surface area contributed by atoms with Crippen molar-refractivity contribution in [3.8, 4) is 11.1 Å². The zero-order valence-corrected chi connectivity index (χ0v) is 19.8. The van der Waals surface area contributed by atoms with Gasteiger partial charge >= 0.3 is 5.63 Å². The molecule has 0 aliphatic rings. The summed E-state index contributed by atoms with van der Waals surface area (Å²) in [6.45, 7) is 0. The number of carbonyl (C=O) groups excluding carboxylic acids is 2. The van der Waals surface area contributed by atoms with Crippen LogP contribution in [0.25, 0.3) is 44.0 Å². The normalized spacial score (nSPS) is 11.2. The van der Waals surface area contributed by atoms with E-state index in [0.717, 1.165) is 16.3 Å². The van der Waals surface area contributed by atoms with Crippen molar-refractivity contribution in [3.63, 3.8) is 0 Å². The number of nitrogens with zero attached hydrogens (tertiary/aromatic N) is 1. The summed E-state index contributed by atoms with van der Waals surface area (Å²) in [5.41, 5.74) is 6.70. The van der Waals surface area contributed by atoms with Crippen LogP contribution < -0.4 is 16.5 Å². The summed E-state index contributed by atoms with van der Waals surface area (Å²) in [5.74, 6) is -1.42. The van der Waals surface area contributed by atoms with Gasteiger partial charge in [0.1, 0.15) is 11.3 Å². The monoisotopic (exact) mass is 508 g/mol. The van der Waals surface area contributed by atoms with E-state index in [4.69, 9.17) is 16.0 Å². The topological polar surface area (TPSA) is 117 Å². The van der Waals surface area contributed by atoms with Crippen molar-refractivity contribution in [2.45, 2.75) is 0 Å². The van der Waals surface area contributed by atoms with Crippen LogP contribution in [0.4, 0.5) is 0 Å². The summed E-state index contributed by atoms with van der Waals surface area (Å²) in [4.78, 5) is 46.0. The first kappa shape index (κ1) is 22.5. The Balaban J connectivity index is 1.31. The van der Waals surface area contributed by atoms with Crippen LogP contribution in [0.1, 0.15) is 20.8 Å². The molecular formula is C28H17ClN4O4. The Hall–Kier alpha value is -4.95. The molecule has 3 heterocycles. The van der Waals surface area contributed by atoms with Crippen molar-refractivity contribution in [1.82, 2.24) is 20.8 Å². The van der Waals surface area contributed by atoms with Gasteiger partial charge in [0, 0.05) is 32.3 Å². The van der Waals surface area contributed by atoms with Crippen molar-refractivity contribution in [1.29, 1.82) is 0 Å². The number of hydrogen-bond donors (Lipinski definition) is 3. The van der Waals surface area contributed by atoms with Crippen LogP contribution in [0.2, 0.25) is 5.02 Å². The molecule has 37 heavy (non-hydrogen) atoms. The number of para-hydroxylation sites is 1. The van der Waals surface area contributed by atoms with E-state index in [0.29, 0.717) is 27.0 Å². The second-order valence-electron chi connectivity index (χ2n) is 8.36. The molecule has 0 fully saturated rings. The fourth-order valence-electron chi connectivity index (χ4n) is 4.30. The molecule has 6 rings (SSSR count). The molecule has 0 spiro atoms. The highest BCUT2D eigenvalue weighted by atomic mass is 35.5. The Kier molecular flexibility index (Phi) is 5.43. The van der Waals surface area contributed by atoms with Crippen molar-refractivity contribution in [2.24, 2.45) is 0 Å². The van der Waals surface area contributed by atoms with E-state index < -0.39 is 17.4 Å². The Morgan fingerprint density at radius 1 is 0.838 bits per heavy atom. The third kappa shape index (κ3) is 4.09. The number of halogens is 1. The lowest BCUT2D eigenvalue weighted by atomic mass is 10.0. The fraction of sp³-hybridized carbons (Fsp3) is 0. The summed E-state index contributed by atoms with van der Waals surface area (Å²) < 4.78 is 5.28. The molecule has 0 saturated carbocycles. The van der Waals surface area contributed by atoms with Crippen molar-refractivity contribution in [2.75, 3.05) is 0 Å². The number of hydrazine groups is 1. The van der Waals surface area contributed by atoms with Crippen LogP contribution in [0, 0.1) is 0 Å². The molecule has 0 aliphatic heterocycles. The predicted molar refractivity (Wildman–Crippen MR) is 141 cm³/mol. The molecule has 3 aromatic carbocycles. The van der Waals surface area contributed by atoms with Crippen LogP contribution in [0.3, 0.4) is 0 Å². The average molecular weight is 509 g/mol. The minimum Gasteiger partial charge on any atom is -0.403 e. The summed E-state index contributed by atoms with van der Waals surface area (Å²) in [6.07, 6.45) is 0. The number of H-pyrrole nitrogens is 1. The maximum Gasteiger partial charge on any atom is 0.350 e. The van der Waals surface area contributed by atoms with Gasteiger partial charge in [-0.25, -0.2) is 9.78 Å². The van der Waals surface area contributed by atoms with E-state index >= 15 is 0 Å². The van der Waals surface area contributed by atoms with Gasteiger partial charge in [-0.1, -0.05) is 60.1 Å². The first-order valence-corrected chi connectivity index (χ1v) is 11.7. The predicted octanol–water partition coefficient (Wildman–Crippen LogP) is 5.22. The van der Waals surface area contributed by atoms with E-state index in [2.05, 4.69) is 20.8 Å². The van der Waals surface area contributed by atoms with Crippen LogP contribution in [0.15, 0.2) is 94.1 Å². The SMILES string of the molecule is O=C(NNC(=O)c1cc2cc3ccccc3nc2oc1=O)c1[nH]c2ccc(Cl)cc2c1-c1ccccc1. The fourth-order valence-corrected chi connectivity index (χ4v) is 4.47. The highest BCUT2D eigenvalue weighted by Gasteiger charge is 2.21. The van der Waals surface area contributed by atoms with Gasteiger partial charge in [-0.2, -0.15) is 0 Å². The zero-order chi connectivity index (χ0) is 25.5. The standard InChI is InChI=1S/C28H17ClN4O4/c29-18-10-11-22-19(14-18)23(15-6-2-1-3-7-15)24(30-22)26(35)33-32-25(34)20-13-17-12-16-8-4-5-9-21(16)31-27(17)37-28(20)36/h1-14,30H,(H,32,34)(H,33,35). The summed E-state index contributed by atoms with van der Waals surface area (Å²) in [7, 11) is 0. The molecule has 9 heteroatoms. The number of carbonyl (C=O) groups is 2. The maximum atomic E-state index is 13.2. The molecule has 0 unspecified atom stereocenters. The number of nitrogens with one attached hydrogen (secondary N) is 3. The molecule has 6 aromatic rings. The lowest BCUT2D eigenvalue weighted by molar-refractivity contribution is 0.0842. The number of aromatic amines is 1. The second-order valence-corrected chi connectivity index (χ2v) is 8.80. The zero-order valence-electron chi connectivity index (χ0n) is 19.0. The number of fused-ring (bicyclic) bond motifs is 3. The van der Waals surface area contributed by atoms with Gasteiger partial charge in [-0.05, 0) is 42.0 Å². The quantitative estimate of drug-likeness (QED) is 0.224. The van der Waals surface area contributed by atoms with Gasteiger partial charge in [0.25, 0.3) is 11.8 Å². The Bertz CT molecular complexity index is 1910. The van der Waals surface area contributed by atoms with Crippen LogP contribution >= 0.6 is 11.6 Å². The number of pyridine rings is 1. The molecule has 0 saturated heterocycles. The van der Waals surface area contributed by atoms with Crippen LogP contribution in [-0.2, 0) is 0 Å². The maximum absolute atomic E-state index is 13.2. The highest BCUT2D eigenvalue weighted by molar-refractivity contribution is 6.31. The van der Waals surface area contributed by atoms with Gasteiger partial charge < -0.3 is 9.40 Å². The van der Waals surface area contributed by atoms with Gasteiger partial charge in [0.05, 0.1) is 5.52 Å². The van der Waals surface area contributed by atoms with E-state index in [-0.39, 0.29) is 17.0 Å². The third-order valence-electron chi connectivity index (χ3n) is 6.01. The summed E-state index contributed by atoms with van der Waals surface area (Å²) >= 11 is 6.21. The number of amides is 2. The Morgan fingerprint density at radius 2 is 1.59 bits per heavy atom. The first-order valence-electron chi connectivity index (χ1n) is 11.3.